The summed E-state index contributed by atoms with van der Waals surface area (Å²) in [6.07, 6.45) is -0.0219. The SMILES string of the molecule is CCCC(=O)NC(CC)C1CCNCC1.O=C(O)C(F)(F)F. The van der Waals surface area contributed by atoms with Crippen LogP contribution in [0.2, 0.25) is 0 Å². The van der Waals surface area contributed by atoms with Crippen molar-refractivity contribution in [3.63, 3.8) is 0 Å². The first-order chi connectivity index (χ1) is 10.2. The second-order valence-corrected chi connectivity index (χ2v) is 5.22. The smallest absolute Gasteiger partial charge is 0.475 e. The van der Waals surface area contributed by atoms with Crippen LogP contribution in [0.5, 0.6) is 0 Å². The molecule has 1 heterocycles. The molecule has 0 aromatic carbocycles. The van der Waals surface area contributed by atoms with E-state index in [-0.39, 0.29) is 5.91 Å². The van der Waals surface area contributed by atoms with E-state index in [4.69, 9.17) is 9.90 Å². The lowest BCUT2D eigenvalue weighted by atomic mass is 9.88. The lowest BCUT2D eigenvalue weighted by Gasteiger charge is -2.30. The Morgan fingerprint density at radius 2 is 1.77 bits per heavy atom. The van der Waals surface area contributed by atoms with Gasteiger partial charge in [-0.3, -0.25) is 4.79 Å². The summed E-state index contributed by atoms with van der Waals surface area (Å²) >= 11 is 0. The molecular weight excluding hydrogens is 301 g/mol. The highest BCUT2D eigenvalue weighted by molar-refractivity contribution is 5.76. The number of carboxylic acid groups (broad SMARTS) is 1. The number of piperidine rings is 1. The largest absolute Gasteiger partial charge is 0.490 e. The molecule has 1 aliphatic rings. The number of carboxylic acids is 1. The molecule has 0 aromatic heterocycles. The monoisotopic (exact) mass is 326 g/mol. The average molecular weight is 326 g/mol. The third-order valence-corrected chi connectivity index (χ3v) is 3.46. The molecule has 0 radical (unpaired) electrons. The van der Waals surface area contributed by atoms with Crippen LogP contribution in [0.15, 0.2) is 0 Å². The third kappa shape index (κ3) is 8.86. The molecule has 0 spiro atoms. The molecule has 1 atom stereocenters. The van der Waals surface area contributed by atoms with Crippen LogP contribution in [0.3, 0.4) is 0 Å². The number of alkyl halides is 3. The van der Waals surface area contributed by atoms with Gasteiger partial charge in [-0.15, -0.1) is 0 Å². The number of nitrogens with one attached hydrogen (secondary N) is 2. The Balaban J connectivity index is 0.000000534. The number of hydrogen-bond donors (Lipinski definition) is 3. The molecule has 8 heteroatoms. The quantitative estimate of drug-likeness (QED) is 0.724. The lowest BCUT2D eigenvalue weighted by Crippen LogP contribution is -2.43. The van der Waals surface area contributed by atoms with Crippen LogP contribution in [0.25, 0.3) is 0 Å². The molecule has 1 fully saturated rings. The van der Waals surface area contributed by atoms with Crippen LogP contribution >= 0.6 is 0 Å². The van der Waals surface area contributed by atoms with Crippen molar-refractivity contribution in [1.82, 2.24) is 10.6 Å². The summed E-state index contributed by atoms with van der Waals surface area (Å²) in [6, 6.07) is 0.395. The molecule has 3 N–H and O–H groups in total. The first-order valence-electron chi connectivity index (χ1n) is 7.52. The second-order valence-electron chi connectivity index (χ2n) is 5.22. The highest BCUT2D eigenvalue weighted by Gasteiger charge is 2.38. The predicted octanol–water partition coefficient (Wildman–Crippen LogP) is 2.31. The minimum absolute atomic E-state index is 0.225. The summed E-state index contributed by atoms with van der Waals surface area (Å²) in [5.74, 6) is -1.85. The maximum Gasteiger partial charge on any atom is 0.490 e. The van der Waals surface area contributed by atoms with E-state index >= 15 is 0 Å². The molecule has 1 amide bonds. The number of amides is 1. The van der Waals surface area contributed by atoms with Gasteiger partial charge in [-0.25, -0.2) is 4.79 Å². The maximum atomic E-state index is 11.5. The molecule has 0 saturated carbocycles. The molecule has 1 aliphatic heterocycles. The molecular formula is C14H25F3N2O3. The molecule has 0 aromatic rings. The summed E-state index contributed by atoms with van der Waals surface area (Å²) in [7, 11) is 0. The van der Waals surface area contributed by atoms with Gasteiger partial charge in [0, 0.05) is 12.5 Å². The summed E-state index contributed by atoms with van der Waals surface area (Å²) < 4.78 is 31.7. The van der Waals surface area contributed by atoms with Gasteiger partial charge in [-0.1, -0.05) is 13.8 Å². The number of rotatable bonds is 5. The van der Waals surface area contributed by atoms with Crippen molar-refractivity contribution in [2.24, 2.45) is 5.92 Å². The summed E-state index contributed by atoms with van der Waals surface area (Å²) in [4.78, 5) is 20.4. The minimum atomic E-state index is -5.08. The summed E-state index contributed by atoms with van der Waals surface area (Å²) in [5, 5.41) is 13.7. The van der Waals surface area contributed by atoms with Crippen LogP contribution in [-0.4, -0.2) is 42.3 Å². The fraction of sp³-hybridized carbons (Fsp3) is 0.857. The van der Waals surface area contributed by atoms with E-state index in [0.717, 1.165) is 25.9 Å². The molecule has 5 nitrogen and oxygen atoms in total. The van der Waals surface area contributed by atoms with E-state index in [1.54, 1.807) is 0 Å². The molecule has 1 unspecified atom stereocenters. The zero-order valence-electron chi connectivity index (χ0n) is 13.0. The van der Waals surface area contributed by atoms with E-state index in [1.807, 2.05) is 6.92 Å². The summed E-state index contributed by atoms with van der Waals surface area (Å²) in [5.41, 5.74) is 0. The fourth-order valence-electron chi connectivity index (χ4n) is 2.31. The standard InChI is InChI=1S/C12H24N2O.C2HF3O2/c1-3-5-12(15)14-11(4-2)10-6-8-13-9-7-10;3-2(4,5)1(6)7/h10-11,13H,3-9H2,1-2H3,(H,14,15);(H,6,7). The van der Waals surface area contributed by atoms with E-state index < -0.39 is 12.1 Å². The number of carbonyl (C=O) groups excluding carboxylic acids is 1. The predicted molar refractivity (Wildman–Crippen MR) is 76.4 cm³/mol. The van der Waals surface area contributed by atoms with Gasteiger partial charge in [0.1, 0.15) is 0 Å². The van der Waals surface area contributed by atoms with Crippen molar-refractivity contribution in [1.29, 1.82) is 0 Å². The van der Waals surface area contributed by atoms with Gasteiger partial charge in [-0.2, -0.15) is 13.2 Å². The van der Waals surface area contributed by atoms with Gasteiger partial charge in [0.15, 0.2) is 0 Å². The number of halogens is 3. The highest BCUT2D eigenvalue weighted by atomic mass is 19.4. The molecule has 0 bridgehead atoms. The third-order valence-electron chi connectivity index (χ3n) is 3.46. The van der Waals surface area contributed by atoms with E-state index in [2.05, 4.69) is 17.6 Å². The molecule has 1 rings (SSSR count). The number of aliphatic carboxylic acids is 1. The van der Waals surface area contributed by atoms with Crippen LogP contribution in [0.1, 0.15) is 46.0 Å². The van der Waals surface area contributed by atoms with E-state index in [9.17, 15) is 18.0 Å². The van der Waals surface area contributed by atoms with Crippen molar-refractivity contribution >= 4 is 11.9 Å². The van der Waals surface area contributed by atoms with Gasteiger partial charge in [-0.05, 0) is 44.7 Å². The van der Waals surface area contributed by atoms with Gasteiger partial charge < -0.3 is 15.7 Å². The second kappa shape index (κ2) is 10.4. The molecule has 130 valence electrons. The first kappa shape index (κ1) is 20.7. The average Bonchev–Trinajstić information content (AvgIpc) is 2.45. The first-order valence-corrected chi connectivity index (χ1v) is 7.52. The van der Waals surface area contributed by atoms with Gasteiger partial charge >= 0.3 is 12.1 Å². The van der Waals surface area contributed by atoms with E-state index in [1.165, 1.54) is 12.8 Å². The van der Waals surface area contributed by atoms with Gasteiger partial charge in [0.25, 0.3) is 0 Å². The van der Waals surface area contributed by atoms with Crippen molar-refractivity contribution in [3.8, 4) is 0 Å². The Labute approximate surface area is 128 Å². The number of carbonyl (C=O) groups is 2. The van der Waals surface area contributed by atoms with Crippen LogP contribution < -0.4 is 10.6 Å². The topological polar surface area (TPSA) is 78.4 Å². The minimum Gasteiger partial charge on any atom is -0.475 e. The Bertz CT molecular complexity index is 343. The maximum absolute atomic E-state index is 11.5. The van der Waals surface area contributed by atoms with Crippen LogP contribution in [0, 0.1) is 5.92 Å². The molecule has 1 saturated heterocycles. The Kier molecular flexibility index (Phi) is 9.80. The van der Waals surface area contributed by atoms with Crippen molar-refractivity contribution in [3.05, 3.63) is 0 Å². The zero-order chi connectivity index (χ0) is 17.2. The molecule has 0 aliphatic carbocycles. The van der Waals surface area contributed by atoms with Crippen LogP contribution in [-0.2, 0) is 9.59 Å². The lowest BCUT2D eigenvalue weighted by molar-refractivity contribution is -0.192. The van der Waals surface area contributed by atoms with Crippen molar-refractivity contribution < 1.29 is 27.9 Å². The fourth-order valence-corrected chi connectivity index (χ4v) is 2.31. The molecule has 22 heavy (non-hydrogen) atoms. The Morgan fingerprint density at radius 3 is 2.14 bits per heavy atom. The van der Waals surface area contributed by atoms with Crippen molar-refractivity contribution in [2.75, 3.05) is 13.1 Å². The Morgan fingerprint density at radius 1 is 1.27 bits per heavy atom. The summed E-state index contributed by atoms with van der Waals surface area (Å²) in [6.45, 7) is 6.42. The number of hydrogen-bond acceptors (Lipinski definition) is 3. The normalized spacial score (nSPS) is 17.1. The Hall–Kier alpha value is -1.31. The van der Waals surface area contributed by atoms with Crippen molar-refractivity contribution in [2.45, 2.75) is 58.2 Å². The zero-order valence-corrected chi connectivity index (χ0v) is 13.0. The van der Waals surface area contributed by atoms with E-state index in [0.29, 0.717) is 18.4 Å². The highest BCUT2D eigenvalue weighted by Crippen LogP contribution is 2.18. The van der Waals surface area contributed by atoms with Gasteiger partial charge in [0.05, 0.1) is 0 Å². The van der Waals surface area contributed by atoms with Crippen LogP contribution in [0.4, 0.5) is 13.2 Å². The van der Waals surface area contributed by atoms with Gasteiger partial charge in [0.2, 0.25) is 5.91 Å².